The van der Waals surface area contributed by atoms with E-state index in [4.69, 9.17) is 5.73 Å². The monoisotopic (exact) mass is 204 g/mol. The van der Waals surface area contributed by atoms with Crippen LogP contribution in [0.4, 0.5) is 0 Å². The van der Waals surface area contributed by atoms with Gasteiger partial charge in [-0.25, -0.2) is 0 Å². The average molecular weight is 204 g/mol. The second-order valence-electron chi connectivity index (χ2n) is 3.17. The van der Waals surface area contributed by atoms with E-state index in [1.54, 1.807) is 0 Å². The molecule has 0 aliphatic carbocycles. The van der Waals surface area contributed by atoms with Crippen molar-refractivity contribution in [1.82, 2.24) is 5.32 Å². The van der Waals surface area contributed by atoms with Crippen LogP contribution in [0.5, 0.6) is 0 Å². The highest BCUT2D eigenvalue weighted by atomic mass is 16.1. The summed E-state index contributed by atoms with van der Waals surface area (Å²) >= 11 is 0. The van der Waals surface area contributed by atoms with Crippen LogP contribution in [-0.2, 0) is 11.2 Å². The maximum atomic E-state index is 11.4. The standard InChI is InChI=1S/C12H16N2O/c13-8-4-5-9-14-12(15)10-11-6-2-1-3-7-11/h1-7H,8-10,13H2,(H,14,15)/b5-4+. The van der Waals surface area contributed by atoms with Gasteiger partial charge in [-0.2, -0.15) is 0 Å². The van der Waals surface area contributed by atoms with Gasteiger partial charge in [0.1, 0.15) is 0 Å². The number of carbonyl (C=O) groups excluding carboxylic acids is 1. The van der Waals surface area contributed by atoms with Crippen LogP contribution < -0.4 is 11.1 Å². The minimum Gasteiger partial charge on any atom is -0.352 e. The van der Waals surface area contributed by atoms with Crippen molar-refractivity contribution in [1.29, 1.82) is 0 Å². The zero-order chi connectivity index (χ0) is 10.9. The molecule has 0 aliphatic heterocycles. The van der Waals surface area contributed by atoms with Crippen molar-refractivity contribution in [3.8, 4) is 0 Å². The molecule has 0 bridgehead atoms. The smallest absolute Gasteiger partial charge is 0.224 e. The van der Waals surface area contributed by atoms with Crippen molar-refractivity contribution in [2.45, 2.75) is 6.42 Å². The lowest BCUT2D eigenvalue weighted by atomic mass is 10.1. The summed E-state index contributed by atoms with van der Waals surface area (Å²) in [6.07, 6.45) is 4.10. The molecule has 0 radical (unpaired) electrons. The van der Waals surface area contributed by atoms with E-state index in [1.165, 1.54) is 0 Å². The van der Waals surface area contributed by atoms with Gasteiger partial charge in [0.2, 0.25) is 5.91 Å². The fraction of sp³-hybridized carbons (Fsp3) is 0.250. The molecule has 0 heterocycles. The Morgan fingerprint density at radius 1 is 1.27 bits per heavy atom. The van der Waals surface area contributed by atoms with E-state index in [2.05, 4.69) is 5.32 Å². The molecular formula is C12H16N2O. The number of hydrogen-bond donors (Lipinski definition) is 2. The summed E-state index contributed by atoms with van der Waals surface area (Å²) < 4.78 is 0. The Morgan fingerprint density at radius 3 is 2.67 bits per heavy atom. The molecule has 3 nitrogen and oxygen atoms in total. The molecule has 0 fully saturated rings. The van der Waals surface area contributed by atoms with Crippen LogP contribution in [0.25, 0.3) is 0 Å². The number of carbonyl (C=O) groups is 1. The Kier molecular flexibility index (Phi) is 5.19. The lowest BCUT2D eigenvalue weighted by Gasteiger charge is -2.01. The van der Waals surface area contributed by atoms with Gasteiger partial charge in [0.25, 0.3) is 0 Å². The van der Waals surface area contributed by atoms with Crippen LogP contribution in [-0.4, -0.2) is 19.0 Å². The molecule has 3 N–H and O–H groups in total. The van der Waals surface area contributed by atoms with E-state index >= 15 is 0 Å². The SMILES string of the molecule is NC/C=C/CNC(=O)Cc1ccccc1. The van der Waals surface area contributed by atoms with Crippen molar-refractivity contribution in [2.75, 3.05) is 13.1 Å². The molecule has 0 aliphatic rings. The number of hydrogen-bond acceptors (Lipinski definition) is 2. The van der Waals surface area contributed by atoms with Gasteiger partial charge in [0.05, 0.1) is 6.42 Å². The quantitative estimate of drug-likeness (QED) is 0.699. The third-order valence-corrected chi connectivity index (χ3v) is 1.93. The molecule has 0 spiro atoms. The molecule has 1 aromatic rings. The zero-order valence-electron chi connectivity index (χ0n) is 8.65. The minimum atomic E-state index is 0.0304. The van der Waals surface area contributed by atoms with Crippen LogP contribution in [0.3, 0.4) is 0 Å². The summed E-state index contributed by atoms with van der Waals surface area (Å²) in [5.74, 6) is 0.0304. The van der Waals surface area contributed by atoms with Crippen LogP contribution in [0, 0.1) is 0 Å². The van der Waals surface area contributed by atoms with Gasteiger partial charge in [0.15, 0.2) is 0 Å². The second-order valence-corrected chi connectivity index (χ2v) is 3.17. The van der Waals surface area contributed by atoms with Crippen molar-refractivity contribution in [2.24, 2.45) is 5.73 Å². The summed E-state index contributed by atoms with van der Waals surface area (Å²) in [7, 11) is 0. The molecule has 0 unspecified atom stereocenters. The normalized spacial score (nSPS) is 10.5. The summed E-state index contributed by atoms with van der Waals surface area (Å²) in [4.78, 5) is 11.4. The molecule has 0 saturated carbocycles. The molecule has 0 atom stereocenters. The first-order chi connectivity index (χ1) is 7.33. The summed E-state index contributed by atoms with van der Waals surface area (Å²) in [6.45, 7) is 1.05. The molecule has 1 aromatic carbocycles. The largest absolute Gasteiger partial charge is 0.352 e. The molecule has 15 heavy (non-hydrogen) atoms. The summed E-state index contributed by atoms with van der Waals surface area (Å²) in [6, 6.07) is 9.67. The Bertz CT molecular complexity index is 320. The first-order valence-corrected chi connectivity index (χ1v) is 4.98. The Morgan fingerprint density at radius 2 is 2.00 bits per heavy atom. The highest BCUT2D eigenvalue weighted by Crippen LogP contribution is 1.98. The Hall–Kier alpha value is -1.61. The molecule has 80 valence electrons. The third kappa shape index (κ3) is 4.98. The predicted molar refractivity (Wildman–Crippen MR) is 61.4 cm³/mol. The zero-order valence-corrected chi connectivity index (χ0v) is 8.65. The maximum absolute atomic E-state index is 11.4. The molecule has 0 aromatic heterocycles. The molecule has 3 heteroatoms. The van der Waals surface area contributed by atoms with Crippen molar-refractivity contribution in [3.63, 3.8) is 0 Å². The van der Waals surface area contributed by atoms with Gasteiger partial charge in [0, 0.05) is 13.1 Å². The first kappa shape index (κ1) is 11.5. The fourth-order valence-electron chi connectivity index (χ4n) is 1.20. The highest BCUT2D eigenvalue weighted by molar-refractivity contribution is 5.78. The van der Waals surface area contributed by atoms with Gasteiger partial charge in [-0.05, 0) is 5.56 Å². The van der Waals surface area contributed by atoms with Crippen LogP contribution in [0.1, 0.15) is 5.56 Å². The first-order valence-electron chi connectivity index (χ1n) is 4.98. The van der Waals surface area contributed by atoms with Crippen molar-refractivity contribution < 1.29 is 4.79 Å². The highest BCUT2D eigenvalue weighted by Gasteiger charge is 1.99. The minimum absolute atomic E-state index is 0.0304. The van der Waals surface area contributed by atoms with Crippen LogP contribution >= 0.6 is 0 Å². The molecule has 1 rings (SSSR count). The Balaban J connectivity index is 2.28. The van der Waals surface area contributed by atoms with Crippen LogP contribution in [0.2, 0.25) is 0 Å². The predicted octanol–water partition coefficient (Wildman–Crippen LogP) is 0.860. The van der Waals surface area contributed by atoms with Crippen molar-refractivity contribution >= 4 is 5.91 Å². The third-order valence-electron chi connectivity index (χ3n) is 1.93. The summed E-state index contributed by atoms with van der Waals surface area (Å²) in [5.41, 5.74) is 6.30. The number of nitrogens with two attached hydrogens (primary N) is 1. The number of rotatable bonds is 5. The van der Waals surface area contributed by atoms with E-state index < -0.39 is 0 Å². The maximum Gasteiger partial charge on any atom is 0.224 e. The van der Waals surface area contributed by atoms with Gasteiger partial charge < -0.3 is 11.1 Å². The van der Waals surface area contributed by atoms with E-state index in [0.29, 0.717) is 19.5 Å². The van der Waals surface area contributed by atoms with Crippen molar-refractivity contribution in [3.05, 3.63) is 48.0 Å². The number of nitrogens with one attached hydrogen (secondary N) is 1. The Labute approximate surface area is 90.0 Å². The van der Waals surface area contributed by atoms with E-state index in [-0.39, 0.29) is 5.91 Å². The van der Waals surface area contributed by atoms with E-state index in [9.17, 15) is 4.79 Å². The topological polar surface area (TPSA) is 55.1 Å². The van der Waals surface area contributed by atoms with Gasteiger partial charge in [-0.3, -0.25) is 4.79 Å². The second kappa shape index (κ2) is 6.79. The summed E-state index contributed by atoms with van der Waals surface area (Å²) in [5, 5.41) is 2.78. The van der Waals surface area contributed by atoms with E-state index in [1.807, 2.05) is 42.5 Å². The van der Waals surface area contributed by atoms with Gasteiger partial charge in [-0.1, -0.05) is 42.5 Å². The number of benzene rings is 1. The number of amides is 1. The fourth-order valence-corrected chi connectivity index (χ4v) is 1.20. The van der Waals surface area contributed by atoms with E-state index in [0.717, 1.165) is 5.56 Å². The molecular weight excluding hydrogens is 188 g/mol. The van der Waals surface area contributed by atoms with Gasteiger partial charge >= 0.3 is 0 Å². The lowest BCUT2D eigenvalue weighted by Crippen LogP contribution is -2.25. The molecule has 0 saturated heterocycles. The van der Waals surface area contributed by atoms with Gasteiger partial charge in [-0.15, -0.1) is 0 Å². The lowest BCUT2D eigenvalue weighted by molar-refractivity contribution is -0.120. The average Bonchev–Trinajstić information content (AvgIpc) is 2.26. The van der Waals surface area contributed by atoms with Crippen LogP contribution in [0.15, 0.2) is 42.5 Å². The molecule has 1 amide bonds.